The Bertz CT molecular complexity index is 1730. The van der Waals surface area contributed by atoms with E-state index in [1.54, 1.807) is 45.6 Å². The minimum absolute atomic E-state index is 0.0590. The van der Waals surface area contributed by atoms with Gasteiger partial charge < -0.3 is 25.4 Å². The summed E-state index contributed by atoms with van der Waals surface area (Å²) in [4.78, 5) is 44.3. The number of aliphatic hydroxyl groups is 1. The number of hydrogen-bond acceptors (Lipinski definition) is 8. The third-order valence-corrected chi connectivity index (χ3v) is 11.2. The average Bonchev–Trinajstić information content (AvgIpc) is 3.81. The van der Waals surface area contributed by atoms with E-state index in [9.17, 15) is 19.5 Å². The van der Waals surface area contributed by atoms with E-state index in [1.165, 1.54) is 0 Å². The molecule has 3 saturated heterocycles. The minimum atomic E-state index is -0.902. The van der Waals surface area contributed by atoms with Gasteiger partial charge in [-0.1, -0.05) is 47.7 Å². The van der Waals surface area contributed by atoms with Gasteiger partial charge in [0.15, 0.2) is 0 Å². The van der Waals surface area contributed by atoms with E-state index in [-0.39, 0.29) is 36.2 Å². The first-order valence-electron chi connectivity index (χ1n) is 15.2. The Morgan fingerprint density at radius 3 is 2.58 bits per heavy atom. The Kier molecular flexibility index (Phi) is 7.70. The van der Waals surface area contributed by atoms with Gasteiger partial charge in [0, 0.05) is 10.9 Å². The number of fused-ring (bicyclic) bond motifs is 2. The molecule has 12 heteroatoms. The molecule has 11 nitrogen and oxygen atoms in total. The number of rotatable bonds is 10. The Morgan fingerprint density at radius 1 is 1.07 bits per heavy atom. The number of aromatic nitrogens is 3. The van der Waals surface area contributed by atoms with Gasteiger partial charge in [-0.15, -0.1) is 16.9 Å². The fraction of sp³-hybridized carbons (Fsp3) is 0.364. The molecule has 3 aromatic carbocycles. The second kappa shape index (κ2) is 11.8. The fourth-order valence-electron chi connectivity index (χ4n) is 7.37. The smallest absolute Gasteiger partial charge is 0.245 e. The van der Waals surface area contributed by atoms with E-state index in [1.807, 2.05) is 61.5 Å². The summed E-state index contributed by atoms with van der Waals surface area (Å²) < 4.78 is 6.31. The zero-order valence-corrected chi connectivity index (χ0v) is 25.5. The number of likely N-dealkylation sites (tertiary alicyclic amines) is 1. The molecule has 0 radical (unpaired) electrons. The maximum atomic E-state index is 14.5. The van der Waals surface area contributed by atoms with Crippen LogP contribution in [0.1, 0.15) is 31.4 Å². The third kappa shape index (κ3) is 4.92. The van der Waals surface area contributed by atoms with Crippen LogP contribution in [0.4, 0.5) is 5.69 Å². The van der Waals surface area contributed by atoms with Crippen molar-refractivity contribution < 1.29 is 24.2 Å². The molecule has 3 fully saturated rings. The van der Waals surface area contributed by atoms with Gasteiger partial charge in [-0.3, -0.25) is 14.4 Å². The van der Waals surface area contributed by atoms with Crippen molar-refractivity contribution in [3.63, 3.8) is 0 Å². The lowest BCUT2D eigenvalue weighted by atomic mass is 9.70. The molecule has 3 amide bonds. The largest absolute Gasteiger partial charge is 0.494 e. The number of ether oxygens (including phenoxy) is 1. The number of benzene rings is 3. The predicted molar refractivity (Wildman–Crippen MR) is 169 cm³/mol. The summed E-state index contributed by atoms with van der Waals surface area (Å²) in [6.07, 6.45) is 1.32. The van der Waals surface area contributed by atoms with Gasteiger partial charge in [0.05, 0.1) is 41.4 Å². The number of carbonyl (C=O) groups is 3. The van der Waals surface area contributed by atoms with Gasteiger partial charge in [-0.2, -0.15) is 0 Å². The molecule has 0 aliphatic carbocycles. The number of para-hydroxylation sites is 1. The van der Waals surface area contributed by atoms with E-state index in [4.69, 9.17) is 4.74 Å². The molecule has 45 heavy (non-hydrogen) atoms. The van der Waals surface area contributed by atoms with Crippen LogP contribution in [0.5, 0.6) is 5.75 Å². The molecule has 3 aliphatic rings. The Morgan fingerprint density at radius 2 is 1.82 bits per heavy atom. The fourth-order valence-corrected chi connectivity index (χ4v) is 9.57. The number of aliphatic hydroxyl groups excluding tert-OH is 1. The van der Waals surface area contributed by atoms with E-state index in [0.29, 0.717) is 36.4 Å². The second-order valence-corrected chi connectivity index (χ2v) is 13.2. The lowest BCUT2D eigenvalue weighted by Gasteiger charge is -2.37. The van der Waals surface area contributed by atoms with Crippen LogP contribution in [0.2, 0.25) is 0 Å². The highest BCUT2D eigenvalue weighted by Gasteiger charge is 2.74. The summed E-state index contributed by atoms with van der Waals surface area (Å²) in [5.74, 6) is -1.52. The number of hydrogen-bond donors (Lipinski definition) is 3. The van der Waals surface area contributed by atoms with Gasteiger partial charge in [0.2, 0.25) is 17.7 Å². The number of carbonyl (C=O) groups excluding carboxylic acids is 3. The van der Waals surface area contributed by atoms with Crippen LogP contribution < -0.4 is 15.4 Å². The van der Waals surface area contributed by atoms with E-state index in [0.717, 1.165) is 11.1 Å². The van der Waals surface area contributed by atoms with Crippen molar-refractivity contribution in [1.29, 1.82) is 0 Å². The molecule has 2 unspecified atom stereocenters. The zero-order chi connectivity index (χ0) is 31.1. The summed E-state index contributed by atoms with van der Waals surface area (Å²) in [7, 11) is 0. The van der Waals surface area contributed by atoms with Gasteiger partial charge in [0.1, 0.15) is 24.0 Å². The number of nitrogens with one attached hydrogen (secondary N) is 2. The molecule has 6 atom stereocenters. The first kappa shape index (κ1) is 29.3. The van der Waals surface area contributed by atoms with Gasteiger partial charge in [-0.25, -0.2) is 4.68 Å². The van der Waals surface area contributed by atoms with Crippen LogP contribution in [0.25, 0.3) is 11.0 Å². The molecule has 3 N–H and O–H groups in total. The van der Waals surface area contributed by atoms with Crippen LogP contribution in [-0.4, -0.2) is 72.0 Å². The first-order valence-corrected chi connectivity index (χ1v) is 16.1. The topological polar surface area (TPSA) is 139 Å². The van der Waals surface area contributed by atoms with E-state index in [2.05, 4.69) is 20.9 Å². The van der Waals surface area contributed by atoms with Crippen molar-refractivity contribution in [2.24, 2.45) is 11.8 Å². The highest BCUT2D eigenvalue weighted by Crippen LogP contribution is 2.67. The summed E-state index contributed by atoms with van der Waals surface area (Å²) in [6.45, 7) is 2.14. The molecule has 232 valence electrons. The van der Waals surface area contributed by atoms with Gasteiger partial charge >= 0.3 is 0 Å². The molecule has 4 aromatic rings. The van der Waals surface area contributed by atoms with Crippen molar-refractivity contribution in [2.45, 2.75) is 48.5 Å². The Balaban J connectivity index is 1.21. The summed E-state index contributed by atoms with van der Waals surface area (Å²) in [6, 6.07) is 22.2. The van der Waals surface area contributed by atoms with Crippen molar-refractivity contribution in [3.8, 4) is 5.75 Å². The second-order valence-electron chi connectivity index (χ2n) is 11.6. The predicted octanol–water partition coefficient (Wildman–Crippen LogP) is 3.37. The summed E-state index contributed by atoms with van der Waals surface area (Å²) in [5.41, 5.74) is 2.81. The third-order valence-electron chi connectivity index (χ3n) is 9.24. The van der Waals surface area contributed by atoms with Crippen molar-refractivity contribution >= 4 is 46.2 Å². The number of anilines is 1. The number of nitrogens with zero attached hydrogens (tertiary/aromatic N) is 4. The molecule has 2 bridgehead atoms. The molecular formula is C33H34N6O5S. The van der Waals surface area contributed by atoms with Crippen LogP contribution in [0.15, 0.2) is 78.9 Å². The maximum absolute atomic E-state index is 14.5. The molecule has 0 saturated carbocycles. The van der Waals surface area contributed by atoms with Crippen LogP contribution in [0, 0.1) is 11.8 Å². The molecule has 3 aliphatic heterocycles. The maximum Gasteiger partial charge on any atom is 0.245 e. The Labute approximate surface area is 264 Å². The molecule has 1 aromatic heterocycles. The molecule has 4 heterocycles. The quantitative estimate of drug-likeness (QED) is 0.244. The van der Waals surface area contributed by atoms with Crippen molar-refractivity contribution in [1.82, 2.24) is 25.2 Å². The zero-order valence-electron chi connectivity index (χ0n) is 24.7. The molecular weight excluding hydrogens is 592 g/mol. The van der Waals surface area contributed by atoms with Crippen molar-refractivity contribution in [3.05, 3.63) is 84.4 Å². The molecule has 1 spiro atoms. The van der Waals surface area contributed by atoms with Crippen LogP contribution >= 0.6 is 11.8 Å². The van der Waals surface area contributed by atoms with E-state index < -0.39 is 28.7 Å². The summed E-state index contributed by atoms with van der Waals surface area (Å²) in [5, 5.41) is 25.0. The number of thioether (sulfide) groups is 1. The monoisotopic (exact) mass is 626 g/mol. The minimum Gasteiger partial charge on any atom is -0.494 e. The van der Waals surface area contributed by atoms with E-state index >= 15 is 0 Å². The highest BCUT2D eigenvalue weighted by molar-refractivity contribution is 8.02. The van der Waals surface area contributed by atoms with Crippen molar-refractivity contribution in [2.75, 3.05) is 18.5 Å². The highest BCUT2D eigenvalue weighted by atomic mass is 32.2. The lowest BCUT2D eigenvalue weighted by molar-refractivity contribution is -0.142. The van der Waals surface area contributed by atoms with Crippen LogP contribution in [-0.2, 0) is 21.1 Å². The SMILES string of the molecule is CCOc1ccc(NC(=O)[C@@H]2[C@H]3C(=O)N([C@H](CO)c4ccccc4)C(C(=O)NCn4nnc5ccccc54)C34CC[C@H]2S4)cc1. The number of amides is 3. The summed E-state index contributed by atoms with van der Waals surface area (Å²) >= 11 is 1.58. The standard InChI is InChI=1S/C33H34N6O5S/c1-2-44-22-14-12-21(13-15-22)35-30(41)27-26-16-17-33(45-26)28(27)32(43)39(25(18-40)20-8-4-3-5-9-20)29(33)31(42)34-19-38-24-11-7-6-10-23(24)36-37-38/h3-15,25-29,40H,2,16-19H2,1H3,(H,34,42)(H,35,41)/t25-,26-,27+,28+,29?,33?/m1/s1. The van der Waals surface area contributed by atoms with Gasteiger partial charge in [0.25, 0.3) is 0 Å². The normalized spacial score (nSPS) is 25.7. The molecule has 7 rings (SSSR count). The lowest BCUT2D eigenvalue weighted by Crippen LogP contribution is -2.54. The van der Waals surface area contributed by atoms with Gasteiger partial charge in [-0.05, 0) is 61.7 Å². The first-order chi connectivity index (χ1) is 21.9. The van der Waals surface area contributed by atoms with Crippen LogP contribution in [0.3, 0.4) is 0 Å². The Hall–Kier alpha value is -4.42. The average molecular weight is 627 g/mol.